The monoisotopic (exact) mass is 424 g/mol. The van der Waals surface area contributed by atoms with E-state index in [1.54, 1.807) is 41.1 Å². The van der Waals surface area contributed by atoms with Gasteiger partial charge in [0.1, 0.15) is 18.2 Å². The summed E-state index contributed by atoms with van der Waals surface area (Å²) in [4.78, 5) is 17.0. The molecule has 0 saturated carbocycles. The maximum atomic E-state index is 13.1. The third-order valence-corrected chi connectivity index (χ3v) is 5.35. The highest BCUT2D eigenvalue weighted by atomic mass is 19.1. The van der Waals surface area contributed by atoms with Crippen LogP contribution in [0.25, 0.3) is 0 Å². The fourth-order valence-electron chi connectivity index (χ4n) is 3.55. The van der Waals surface area contributed by atoms with E-state index in [1.807, 2.05) is 11.8 Å². The molecular formula is C22H25FN6O2. The number of amides is 1. The van der Waals surface area contributed by atoms with Gasteiger partial charge in [0.2, 0.25) is 0 Å². The maximum Gasteiger partial charge on any atom is 0.253 e. The van der Waals surface area contributed by atoms with Crippen molar-refractivity contribution in [3.05, 3.63) is 71.3 Å². The number of ether oxygens (including phenoxy) is 1. The first-order valence-electron chi connectivity index (χ1n) is 10.4. The van der Waals surface area contributed by atoms with Crippen LogP contribution in [-0.4, -0.2) is 62.1 Å². The van der Waals surface area contributed by atoms with Gasteiger partial charge in [0.25, 0.3) is 5.91 Å². The molecule has 1 amide bonds. The molecule has 1 aliphatic rings. The van der Waals surface area contributed by atoms with Crippen LogP contribution < -0.4 is 4.74 Å². The fourth-order valence-corrected chi connectivity index (χ4v) is 3.55. The molecule has 0 spiro atoms. The number of rotatable bonds is 7. The average Bonchev–Trinajstić information content (AvgIpc) is 3.27. The minimum absolute atomic E-state index is 0.0166. The van der Waals surface area contributed by atoms with E-state index in [2.05, 4.69) is 20.4 Å². The van der Waals surface area contributed by atoms with Crippen molar-refractivity contribution < 1.29 is 13.9 Å². The van der Waals surface area contributed by atoms with Gasteiger partial charge in [0, 0.05) is 44.8 Å². The first-order valence-corrected chi connectivity index (χ1v) is 10.4. The topological polar surface area (TPSA) is 76.4 Å². The molecule has 2 aromatic carbocycles. The van der Waals surface area contributed by atoms with Crippen LogP contribution in [0.1, 0.15) is 28.7 Å². The molecule has 1 saturated heterocycles. The van der Waals surface area contributed by atoms with Gasteiger partial charge in [-0.2, -0.15) is 0 Å². The van der Waals surface area contributed by atoms with Gasteiger partial charge in [0.15, 0.2) is 5.82 Å². The van der Waals surface area contributed by atoms with Crippen LogP contribution in [0.3, 0.4) is 0 Å². The Morgan fingerprint density at radius 3 is 2.42 bits per heavy atom. The summed E-state index contributed by atoms with van der Waals surface area (Å²) in [5, 5.41) is 11.5. The summed E-state index contributed by atoms with van der Waals surface area (Å²) in [6.07, 6.45) is 0. The second kappa shape index (κ2) is 9.65. The number of aryl methyl sites for hydroxylation is 1. The second-order valence-electron chi connectivity index (χ2n) is 7.42. The van der Waals surface area contributed by atoms with Gasteiger partial charge in [-0.3, -0.25) is 9.69 Å². The lowest BCUT2D eigenvalue weighted by molar-refractivity contribution is 0.0628. The lowest BCUT2D eigenvalue weighted by Crippen LogP contribution is -2.48. The summed E-state index contributed by atoms with van der Waals surface area (Å²) >= 11 is 0. The smallest absolute Gasteiger partial charge is 0.253 e. The molecule has 0 atom stereocenters. The quantitative estimate of drug-likeness (QED) is 0.580. The van der Waals surface area contributed by atoms with Crippen molar-refractivity contribution >= 4 is 5.91 Å². The number of nitrogens with zero attached hydrogens (tertiary/aromatic N) is 6. The molecule has 0 N–H and O–H groups in total. The molecule has 8 nitrogen and oxygen atoms in total. The molecule has 0 aliphatic carbocycles. The molecule has 3 aromatic rings. The number of hydrogen-bond acceptors (Lipinski definition) is 6. The first kappa shape index (κ1) is 20.9. The van der Waals surface area contributed by atoms with E-state index in [0.717, 1.165) is 25.2 Å². The summed E-state index contributed by atoms with van der Waals surface area (Å²) < 4.78 is 20.5. The van der Waals surface area contributed by atoms with Gasteiger partial charge in [-0.25, -0.2) is 9.07 Å². The molecule has 31 heavy (non-hydrogen) atoms. The second-order valence-corrected chi connectivity index (χ2v) is 7.42. The highest BCUT2D eigenvalue weighted by Crippen LogP contribution is 2.17. The van der Waals surface area contributed by atoms with Crippen molar-refractivity contribution in [2.75, 3.05) is 26.2 Å². The zero-order chi connectivity index (χ0) is 21.6. The van der Waals surface area contributed by atoms with E-state index in [9.17, 15) is 9.18 Å². The Kier molecular flexibility index (Phi) is 6.51. The van der Waals surface area contributed by atoms with Crippen molar-refractivity contribution in [1.82, 2.24) is 30.0 Å². The Morgan fingerprint density at radius 1 is 1.03 bits per heavy atom. The third kappa shape index (κ3) is 5.24. The molecule has 0 bridgehead atoms. The first-order chi connectivity index (χ1) is 15.1. The Balaban J connectivity index is 1.27. The minimum atomic E-state index is -0.225. The summed E-state index contributed by atoms with van der Waals surface area (Å²) in [5.41, 5.74) is 1.71. The lowest BCUT2D eigenvalue weighted by Gasteiger charge is -2.34. The van der Waals surface area contributed by atoms with Gasteiger partial charge >= 0.3 is 0 Å². The van der Waals surface area contributed by atoms with Gasteiger partial charge in [-0.05, 0) is 59.3 Å². The number of aromatic nitrogens is 4. The Labute approximate surface area is 180 Å². The SMILES string of the molecule is CCn1nnnc1COc1ccc(C(=O)N2CCN(Cc3ccc(F)cc3)CC2)cc1. The average molecular weight is 424 g/mol. The van der Waals surface area contributed by atoms with Gasteiger partial charge in [0.05, 0.1) is 0 Å². The van der Waals surface area contributed by atoms with Gasteiger partial charge < -0.3 is 9.64 Å². The molecule has 1 fully saturated rings. The van der Waals surface area contributed by atoms with Crippen molar-refractivity contribution in [3.8, 4) is 5.75 Å². The molecule has 0 unspecified atom stereocenters. The Hall–Kier alpha value is -3.33. The fraction of sp³-hybridized carbons (Fsp3) is 0.364. The van der Waals surface area contributed by atoms with E-state index in [0.29, 0.717) is 36.8 Å². The van der Waals surface area contributed by atoms with Crippen LogP contribution in [0.5, 0.6) is 5.75 Å². The molecule has 1 aliphatic heterocycles. The largest absolute Gasteiger partial charge is 0.486 e. The third-order valence-electron chi connectivity index (χ3n) is 5.35. The molecule has 162 valence electrons. The lowest BCUT2D eigenvalue weighted by atomic mass is 10.1. The van der Waals surface area contributed by atoms with E-state index in [-0.39, 0.29) is 18.3 Å². The van der Waals surface area contributed by atoms with Crippen LogP contribution in [0.4, 0.5) is 4.39 Å². The summed E-state index contributed by atoms with van der Waals surface area (Å²) in [7, 11) is 0. The summed E-state index contributed by atoms with van der Waals surface area (Å²) in [6.45, 7) is 6.57. The predicted octanol–water partition coefficient (Wildman–Crippen LogP) is 2.37. The van der Waals surface area contributed by atoms with E-state index in [1.165, 1.54) is 12.1 Å². The summed E-state index contributed by atoms with van der Waals surface area (Å²) in [6, 6.07) is 13.7. The maximum absolute atomic E-state index is 13.1. The zero-order valence-electron chi connectivity index (χ0n) is 17.4. The number of halogens is 1. The zero-order valence-corrected chi connectivity index (χ0v) is 17.4. The molecule has 9 heteroatoms. The van der Waals surface area contributed by atoms with Crippen molar-refractivity contribution in [1.29, 1.82) is 0 Å². The molecule has 2 heterocycles. The summed E-state index contributed by atoms with van der Waals surface area (Å²) in [5.74, 6) is 1.10. The highest BCUT2D eigenvalue weighted by Gasteiger charge is 2.22. The number of carbonyl (C=O) groups excluding carboxylic acids is 1. The van der Waals surface area contributed by atoms with Crippen molar-refractivity contribution in [2.24, 2.45) is 0 Å². The predicted molar refractivity (Wildman–Crippen MR) is 112 cm³/mol. The Bertz CT molecular complexity index is 998. The van der Waals surface area contributed by atoms with E-state index >= 15 is 0 Å². The number of piperazine rings is 1. The van der Waals surface area contributed by atoms with Crippen LogP contribution >= 0.6 is 0 Å². The molecular weight excluding hydrogens is 399 g/mol. The van der Waals surface area contributed by atoms with Crippen LogP contribution in [0.2, 0.25) is 0 Å². The van der Waals surface area contributed by atoms with Gasteiger partial charge in [-0.15, -0.1) is 5.10 Å². The van der Waals surface area contributed by atoms with E-state index < -0.39 is 0 Å². The van der Waals surface area contributed by atoms with Crippen molar-refractivity contribution in [2.45, 2.75) is 26.6 Å². The van der Waals surface area contributed by atoms with Crippen LogP contribution in [0, 0.1) is 5.82 Å². The number of tetrazole rings is 1. The minimum Gasteiger partial charge on any atom is -0.486 e. The molecule has 4 rings (SSSR count). The van der Waals surface area contributed by atoms with Crippen molar-refractivity contribution in [3.63, 3.8) is 0 Å². The van der Waals surface area contributed by atoms with E-state index in [4.69, 9.17) is 4.74 Å². The highest BCUT2D eigenvalue weighted by molar-refractivity contribution is 5.94. The van der Waals surface area contributed by atoms with Crippen LogP contribution in [0.15, 0.2) is 48.5 Å². The number of hydrogen-bond donors (Lipinski definition) is 0. The Morgan fingerprint density at radius 2 is 1.74 bits per heavy atom. The normalized spacial score (nSPS) is 14.6. The molecule has 0 radical (unpaired) electrons. The molecule has 1 aromatic heterocycles. The standard InChI is InChI=1S/C22H25FN6O2/c1-2-29-21(24-25-26-29)16-31-20-9-5-18(6-10-20)22(30)28-13-11-27(12-14-28)15-17-3-7-19(23)8-4-17/h3-10H,2,11-16H2,1H3. The van der Waals surface area contributed by atoms with Crippen LogP contribution in [-0.2, 0) is 19.7 Å². The number of benzene rings is 2. The number of carbonyl (C=O) groups is 1. The van der Waals surface area contributed by atoms with Gasteiger partial charge in [-0.1, -0.05) is 12.1 Å².